The van der Waals surface area contributed by atoms with Gasteiger partial charge in [-0.05, 0) is 43.0 Å². The summed E-state index contributed by atoms with van der Waals surface area (Å²) < 4.78 is 0. The third-order valence-corrected chi connectivity index (χ3v) is 6.58. The van der Waals surface area contributed by atoms with Crippen molar-refractivity contribution >= 4 is 46.8 Å². The SMILES string of the molecule is CCCNC(=O)[C@@H](CC)N(Cc1ccc(Cl)c(Cl)c1)C(=O)CSCc1cccc(C)c1. The monoisotopic (exact) mass is 480 g/mol. The highest BCUT2D eigenvalue weighted by atomic mass is 35.5. The van der Waals surface area contributed by atoms with Crippen molar-refractivity contribution in [3.8, 4) is 0 Å². The van der Waals surface area contributed by atoms with Crippen molar-refractivity contribution in [2.24, 2.45) is 0 Å². The Morgan fingerprint density at radius 1 is 1.06 bits per heavy atom. The number of halogens is 2. The fourth-order valence-corrected chi connectivity index (χ4v) is 4.44. The second-order valence-corrected chi connectivity index (χ2v) is 9.27. The Morgan fingerprint density at radius 2 is 1.84 bits per heavy atom. The van der Waals surface area contributed by atoms with Gasteiger partial charge in [0, 0.05) is 18.8 Å². The van der Waals surface area contributed by atoms with Crippen LogP contribution in [0.3, 0.4) is 0 Å². The quantitative estimate of drug-likeness (QED) is 0.437. The van der Waals surface area contributed by atoms with Gasteiger partial charge < -0.3 is 10.2 Å². The van der Waals surface area contributed by atoms with Crippen LogP contribution in [0.5, 0.6) is 0 Å². The molecule has 168 valence electrons. The first kappa shape index (κ1) is 25.6. The number of nitrogens with zero attached hydrogens (tertiary/aromatic N) is 1. The number of benzene rings is 2. The largest absolute Gasteiger partial charge is 0.354 e. The van der Waals surface area contributed by atoms with E-state index >= 15 is 0 Å². The van der Waals surface area contributed by atoms with Gasteiger partial charge in [0.1, 0.15) is 6.04 Å². The number of hydrogen-bond donors (Lipinski definition) is 1. The van der Waals surface area contributed by atoms with Crippen LogP contribution < -0.4 is 5.32 Å². The minimum atomic E-state index is -0.534. The van der Waals surface area contributed by atoms with Crippen LogP contribution in [-0.2, 0) is 21.9 Å². The molecule has 0 heterocycles. The minimum Gasteiger partial charge on any atom is -0.354 e. The molecule has 0 saturated heterocycles. The van der Waals surface area contributed by atoms with Gasteiger partial charge in [-0.3, -0.25) is 9.59 Å². The Bertz CT molecular complexity index is 892. The molecule has 2 aromatic rings. The molecule has 0 aliphatic carbocycles. The van der Waals surface area contributed by atoms with Gasteiger partial charge in [0.15, 0.2) is 0 Å². The van der Waals surface area contributed by atoms with Gasteiger partial charge in [0.25, 0.3) is 0 Å². The van der Waals surface area contributed by atoms with Crippen molar-refractivity contribution in [2.45, 2.75) is 52.0 Å². The molecule has 7 heteroatoms. The van der Waals surface area contributed by atoms with E-state index in [9.17, 15) is 9.59 Å². The summed E-state index contributed by atoms with van der Waals surface area (Å²) in [5.41, 5.74) is 3.22. The molecule has 1 N–H and O–H groups in total. The number of carbonyl (C=O) groups excluding carboxylic acids is 2. The van der Waals surface area contributed by atoms with Crippen LogP contribution in [0.25, 0.3) is 0 Å². The first-order valence-electron chi connectivity index (χ1n) is 10.5. The first-order valence-corrected chi connectivity index (χ1v) is 12.4. The van der Waals surface area contributed by atoms with Crippen LogP contribution >= 0.6 is 35.0 Å². The molecule has 0 aliphatic rings. The smallest absolute Gasteiger partial charge is 0.242 e. The summed E-state index contributed by atoms with van der Waals surface area (Å²) in [6.07, 6.45) is 1.38. The van der Waals surface area contributed by atoms with Crippen LogP contribution in [0.2, 0.25) is 10.0 Å². The molecule has 1 atom stereocenters. The fraction of sp³-hybridized carbons (Fsp3) is 0.417. The number of rotatable bonds is 11. The Morgan fingerprint density at radius 3 is 2.48 bits per heavy atom. The number of amides is 2. The van der Waals surface area contributed by atoms with E-state index in [4.69, 9.17) is 23.2 Å². The van der Waals surface area contributed by atoms with Crippen LogP contribution in [-0.4, -0.2) is 35.1 Å². The highest BCUT2D eigenvalue weighted by Gasteiger charge is 2.28. The molecule has 31 heavy (non-hydrogen) atoms. The van der Waals surface area contributed by atoms with E-state index in [1.165, 1.54) is 11.1 Å². The summed E-state index contributed by atoms with van der Waals surface area (Å²) >= 11 is 13.8. The maximum Gasteiger partial charge on any atom is 0.242 e. The zero-order chi connectivity index (χ0) is 22.8. The third-order valence-electron chi connectivity index (χ3n) is 4.85. The molecule has 2 aromatic carbocycles. The van der Waals surface area contributed by atoms with Crippen molar-refractivity contribution in [3.63, 3.8) is 0 Å². The van der Waals surface area contributed by atoms with Gasteiger partial charge in [-0.2, -0.15) is 0 Å². The van der Waals surface area contributed by atoms with Crippen molar-refractivity contribution in [2.75, 3.05) is 12.3 Å². The molecular weight excluding hydrogens is 451 g/mol. The molecule has 4 nitrogen and oxygen atoms in total. The van der Waals surface area contributed by atoms with Gasteiger partial charge in [-0.15, -0.1) is 11.8 Å². The van der Waals surface area contributed by atoms with Crippen molar-refractivity contribution in [1.82, 2.24) is 10.2 Å². The zero-order valence-corrected chi connectivity index (χ0v) is 20.6. The van der Waals surface area contributed by atoms with Gasteiger partial charge in [-0.1, -0.05) is 72.9 Å². The van der Waals surface area contributed by atoms with Gasteiger partial charge in [0.05, 0.1) is 15.8 Å². The lowest BCUT2D eigenvalue weighted by atomic mass is 10.1. The lowest BCUT2D eigenvalue weighted by Gasteiger charge is -2.30. The Labute approximate surface area is 199 Å². The average molecular weight is 481 g/mol. The van der Waals surface area contributed by atoms with Crippen molar-refractivity contribution in [3.05, 3.63) is 69.2 Å². The van der Waals surface area contributed by atoms with E-state index in [1.54, 1.807) is 28.8 Å². The molecule has 0 saturated carbocycles. The summed E-state index contributed by atoms with van der Waals surface area (Å²) in [6.45, 7) is 6.87. The van der Waals surface area contributed by atoms with E-state index in [0.717, 1.165) is 17.7 Å². The standard InChI is InChI=1S/C24H30Cl2N2O2S/c1-4-11-27-24(30)22(5-2)28(14-18-9-10-20(25)21(26)13-18)23(29)16-31-15-19-8-6-7-17(3)12-19/h6-10,12-13,22H,4-5,11,14-16H2,1-3H3,(H,27,30)/t22-/m1/s1. The molecule has 2 rings (SSSR count). The molecule has 0 unspecified atom stereocenters. The Balaban J connectivity index is 2.14. The van der Waals surface area contributed by atoms with Crippen molar-refractivity contribution < 1.29 is 9.59 Å². The average Bonchev–Trinajstić information content (AvgIpc) is 2.74. The molecular formula is C24H30Cl2N2O2S. The number of aryl methyl sites for hydroxylation is 1. The van der Waals surface area contributed by atoms with Crippen LogP contribution in [0.1, 0.15) is 43.4 Å². The number of nitrogens with one attached hydrogen (secondary N) is 1. The fourth-order valence-electron chi connectivity index (χ4n) is 3.26. The predicted octanol–water partition coefficient (Wildman–Crippen LogP) is 5.87. The Kier molecular flexibility index (Phi) is 10.7. The van der Waals surface area contributed by atoms with E-state index in [0.29, 0.717) is 35.3 Å². The number of thioether (sulfide) groups is 1. The summed E-state index contributed by atoms with van der Waals surface area (Å²) in [5.74, 6) is 0.850. The van der Waals surface area contributed by atoms with Gasteiger partial charge >= 0.3 is 0 Å². The summed E-state index contributed by atoms with van der Waals surface area (Å²) in [4.78, 5) is 27.6. The van der Waals surface area contributed by atoms with Gasteiger partial charge in [0.2, 0.25) is 11.8 Å². The molecule has 0 bridgehead atoms. The third kappa shape index (κ3) is 8.06. The summed E-state index contributed by atoms with van der Waals surface area (Å²) in [5, 5.41) is 3.82. The molecule has 0 aromatic heterocycles. The normalized spacial score (nSPS) is 11.8. The molecule has 0 radical (unpaired) electrons. The van der Waals surface area contributed by atoms with E-state index in [-0.39, 0.29) is 11.8 Å². The lowest BCUT2D eigenvalue weighted by molar-refractivity contribution is -0.139. The Hall–Kier alpha value is -1.69. The van der Waals surface area contributed by atoms with Gasteiger partial charge in [-0.25, -0.2) is 0 Å². The molecule has 0 aliphatic heterocycles. The van der Waals surface area contributed by atoms with Crippen LogP contribution in [0.4, 0.5) is 0 Å². The summed E-state index contributed by atoms with van der Waals surface area (Å²) in [6, 6.07) is 13.0. The van der Waals surface area contributed by atoms with E-state index in [2.05, 4.69) is 30.4 Å². The lowest BCUT2D eigenvalue weighted by Crippen LogP contribution is -2.49. The molecule has 0 spiro atoms. The highest BCUT2D eigenvalue weighted by molar-refractivity contribution is 7.99. The number of carbonyl (C=O) groups is 2. The summed E-state index contributed by atoms with van der Waals surface area (Å²) in [7, 11) is 0. The highest BCUT2D eigenvalue weighted by Crippen LogP contribution is 2.24. The topological polar surface area (TPSA) is 49.4 Å². The minimum absolute atomic E-state index is 0.0674. The second kappa shape index (κ2) is 13.0. The van der Waals surface area contributed by atoms with Crippen LogP contribution in [0, 0.1) is 6.92 Å². The predicted molar refractivity (Wildman–Crippen MR) is 132 cm³/mol. The number of hydrogen-bond acceptors (Lipinski definition) is 3. The van der Waals surface area contributed by atoms with Crippen molar-refractivity contribution in [1.29, 1.82) is 0 Å². The maximum atomic E-state index is 13.2. The van der Waals surface area contributed by atoms with E-state index in [1.807, 2.05) is 26.0 Å². The van der Waals surface area contributed by atoms with E-state index < -0.39 is 6.04 Å². The van der Waals surface area contributed by atoms with Crippen LogP contribution in [0.15, 0.2) is 42.5 Å². The first-order chi connectivity index (χ1) is 14.8. The zero-order valence-electron chi connectivity index (χ0n) is 18.3. The second-order valence-electron chi connectivity index (χ2n) is 7.47. The molecule has 0 fully saturated rings. The molecule has 2 amide bonds. The maximum absolute atomic E-state index is 13.2.